The summed E-state index contributed by atoms with van der Waals surface area (Å²) in [6.07, 6.45) is 2.53. The quantitative estimate of drug-likeness (QED) is 0.182. The Hall–Kier alpha value is -4.27. The Morgan fingerprint density at radius 3 is 2.44 bits per heavy atom. The summed E-state index contributed by atoms with van der Waals surface area (Å²) in [4.78, 5) is 33.8. The molecule has 3 heterocycles. The maximum Gasteiger partial charge on any atom is 0.333 e. The smallest absolute Gasteiger partial charge is 0.333 e. The number of nitrogens with two attached hydrogens (primary N) is 1. The van der Waals surface area contributed by atoms with Gasteiger partial charge in [0.15, 0.2) is 10.5 Å². The van der Waals surface area contributed by atoms with Crippen molar-refractivity contribution in [3.8, 4) is 0 Å². The fourth-order valence-corrected chi connectivity index (χ4v) is 5.98. The molecule has 43 heavy (non-hydrogen) atoms. The third kappa shape index (κ3) is 6.55. The van der Waals surface area contributed by atoms with Gasteiger partial charge >= 0.3 is 5.69 Å². The number of nitrogen functional groups attached to an aromatic ring is 1. The van der Waals surface area contributed by atoms with E-state index in [0.29, 0.717) is 41.6 Å². The summed E-state index contributed by atoms with van der Waals surface area (Å²) < 4.78 is 48.1. The van der Waals surface area contributed by atoms with E-state index in [9.17, 15) is 22.4 Å². The number of nitrogens with one attached hydrogen (secondary N) is 1. The molecule has 1 fully saturated rings. The van der Waals surface area contributed by atoms with Crippen molar-refractivity contribution in [3.05, 3.63) is 103 Å². The fraction of sp³-hybridized carbons (Fsp3) is 0.286. The molecule has 6 rings (SSSR count). The molecule has 0 atom stereocenters. The van der Waals surface area contributed by atoms with E-state index < -0.39 is 27.2 Å². The van der Waals surface area contributed by atoms with Crippen molar-refractivity contribution in [1.29, 1.82) is 0 Å². The fourth-order valence-electron chi connectivity index (χ4n) is 4.76. The van der Waals surface area contributed by atoms with Gasteiger partial charge in [0, 0.05) is 31.3 Å². The SMILES string of the molecule is Cc1nn(C)c(Cl)c1S(=O)(=O)O.Nc1cccc(Cc2nc3c([nH]2)c(=O)n(Cc2ccccc2F)c(=O)n3CC2CC2)c1. The molecule has 15 heteroatoms. The Bertz CT molecular complexity index is 2060. The molecule has 0 radical (unpaired) electrons. The van der Waals surface area contributed by atoms with Crippen LogP contribution in [0.25, 0.3) is 11.2 Å². The molecule has 0 saturated heterocycles. The van der Waals surface area contributed by atoms with Crippen LogP contribution in [-0.4, -0.2) is 41.9 Å². The number of aromatic amines is 1. The Kier molecular flexibility index (Phi) is 8.27. The lowest BCUT2D eigenvalue weighted by atomic mass is 10.1. The van der Waals surface area contributed by atoms with E-state index in [0.717, 1.165) is 23.0 Å². The van der Waals surface area contributed by atoms with E-state index in [1.54, 1.807) is 28.8 Å². The highest BCUT2D eigenvalue weighted by atomic mass is 35.5. The van der Waals surface area contributed by atoms with Crippen LogP contribution in [0.4, 0.5) is 10.1 Å². The lowest BCUT2D eigenvalue weighted by molar-refractivity contribution is 0.482. The summed E-state index contributed by atoms with van der Waals surface area (Å²) in [5.74, 6) is 0.522. The molecule has 0 bridgehead atoms. The average molecular weight is 630 g/mol. The summed E-state index contributed by atoms with van der Waals surface area (Å²) in [6, 6.07) is 13.6. The molecule has 0 spiro atoms. The predicted molar refractivity (Wildman–Crippen MR) is 159 cm³/mol. The lowest BCUT2D eigenvalue weighted by Crippen LogP contribution is -2.40. The average Bonchev–Trinajstić information content (AvgIpc) is 3.59. The van der Waals surface area contributed by atoms with Crippen molar-refractivity contribution in [1.82, 2.24) is 28.9 Å². The largest absolute Gasteiger partial charge is 0.399 e. The van der Waals surface area contributed by atoms with Crippen molar-refractivity contribution in [2.45, 2.75) is 44.2 Å². The topological polar surface area (TPSA) is 171 Å². The third-order valence-corrected chi connectivity index (χ3v) is 8.57. The second-order valence-electron chi connectivity index (χ2n) is 10.4. The standard InChI is InChI=1S/C23H22FN5O2.C5H7ClN2O3S/c24-18-7-2-1-5-16(18)13-29-22(30)20-21(28(23(29)31)12-14-8-9-14)27-19(26-20)11-15-4-3-6-17(25)10-15;1-3-4(12(9,10)11)5(6)8(2)7-3/h1-7,10,14H,8-9,11-13,25H2,(H,26,27);1-2H3,(H,9,10,11). The summed E-state index contributed by atoms with van der Waals surface area (Å²) in [5.41, 5.74) is 7.58. The van der Waals surface area contributed by atoms with E-state index in [1.165, 1.54) is 24.7 Å². The van der Waals surface area contributed by atoms with Crippen molar-refractivity contribution in [3.63, 3.8) is 0 Å². The van der Waals surface area contributed by atoms with Crippen molar-refractivity contribution in [2.75, 3.05) is 5.73 Å². The number of hydrogen-bond acceptors (Lipinski definition) is 7. The molecule has 1 aliphatic carbocycles. The minimum Gasteiger partial charge on any atom is -0.399 e. The van der Waals surface area contributed by atoms with Gasteiger partial charge in [0.1, 0.15) is 22.3 Å². The number of benzene rings is 2. The van der Waals surface area contributed by atoms with Crippen LogP contribution in [0.3, 0.4) is 0 Å². The number of imidazole rings is 1. The molecule has 4 N–H and O–H groups in total. The number of halogens is 2. The third-order valence-electron chi connectivity index (χ3n) is 7.01. The summed E-state index contributed by atoms with van der Waals surface area (Å²) in [7, 11) is -2.77. The summed E-state index contributed by atoms with van der Waals surface area (Å²) in [6.45, 7) is 1.82. The van der Waals surface area contributed by atoms with Crippen LogP contribution >= 0.6 is 11.6 Å². The van der Waals surface area contributed by atoms with Crippen LogP contribution in [0.2, 0.25) is 5.15 Å². The van der Waals surface area contributed by atoms with E-state index in [2.05, 4.69) is 15.1 Å². The molecule has 226 valence electrons. The molecule has 1 aliphatic rings. The number of H-pyrrole nitrogens is 1. The van der Waals surface area contributed by atoms with Gasteiger partial charge in [0.25, 0.3) is 15.7 Å². The highest BCUT2D eigenvalue weighted by Crippen LogP contribution is 2.30. The number of aryl methyl sites for hydroxylation is 2. The van der Waals surface area contributed by atoms with Gasteiger partial charge in [-0.1, -0.05) is 41.9 Å². The molecular formula is C28H29ClFN7O5S. The second-order valence-corrected chi connectivity index (χ2v) is 12.1. The minimum absolute atomic E-state index is 0.0880. The highest BCUT2D eigenvalue weighted by Gasteiger charge is 2.26. The zero-order valence-electron chi connectivity index (χ0n) is 23.3. The van der Waals surface area contributed by atoms with Gasteiger partial charge in [-0.05, 0) is 49.4 Å². The van der Waals surface area contributed by atoms with Crippen LogP contribution in [0.15, 0.2) is 63.0 Å². The normalized spacial score (nSPS) is 13.2. The molecular weight excluding hydrogens is 601 g/mol. The van der Waals surface area contributed by atoms with Gasteiger partial charge in [0.05, 0.1) is 12.2 Å². The van der Waals surface area contributed by atoms with Crippen LogP contribution in [0.1, 0.15) is 35.5 Å². The molecule has 2 aromatic carbocycles. The van der Waals surface area contributed by atoms with E-state index in [1.807, 2.05) is 18.2 Å². The molecule has 0 unspecified atom stereocenters. The highest BCUT2D eigenvalue weighted by molar-refractivity contribution is 7.86. The van der Waals surface area contributed by atoms with Crippen molar-refractivity contribution < 1.29 is 17.4 Å². The number of fused-ring (bicyclic) bond motifs is 1. The van der Waals surface area contributed by atoms with E-state index in [4.69, 9.17) is 21.9 Å². The van der Waals surface area contributed by atoms with Crippen LogP contribution in [0, 0.1) is 18.7 Å². The van der Waals surface area contributed by atoms with E-state index >= 15 is 0 Å². The maximum absolute atomic E-state index is 14.2. The van der Waals surface area contributed by atoms with Crippen LogP contribution in [0.5, 0.6) is 0 Å². The Labute approximate surface area is 250 Å². The Morgan fingerprint density at radius 2 is 1.86 bits per heavy atom. The maximum atomic E-state index is 14.2. The van der Waals surface area contributed by atoms with Gasteiger partial charge in [-0.15, -0.1) is 0 Å². The minimum atomic E-state index is -4.26. The van der Waals surface area contributed by atoms with Gasteiger partial charge in [-0.3, -0.25) is 23.2 Å². The number of nitrogens with zero attached hydrogens (tertiary/aromatic N) is 5. The predicted octanol–water partition coefficient (Wildman–Crippen LogP) is 3.29. The lowest BCUT2D eigenvalue weighted by Gasteiger charge is -2.11. The number of aromatic nitrogens is 6. The molecule has 3 aromatic heterocycles. The van der Waals surface area contributed by atoms with Crippen molar-refractivity contribution in [2.24, 2.45) is 13.0 Å². The van der Waals surface area contributed by atoms with E-state index in [-0.39, 0.29) is 27.8 Å². The number of rotatable bonds is 7. The molecule has 12 nitrogen and oxygen atoms in total. The molecule has 0 amide bonds. The number of hydrogen-bond donors (Lipinski definition) is 3. The van der Waals surface area contributed by atoms with Gasteiger partial charge in [-0.2, -0.15) is 13.5 Å². The molecule has 1 saturated carbocycles. The van der Waals surface area contributed by atoms with Gasteiger partial charge in [-0.25, -0.2) is 14.2 Å². The van der Waals surface area contributed by atoms with Crippen molar-refractivity contribution >= 4 is 38.6 Å². The van der Waals surface area contributed by atoms with Gasteiger partial charge in [0.2, 0.25) is 0 Å². The first-order valence-electron chi connectivity index (χ1n) is 13.3. The zero-order chi connectivity index (χ0) is 31.1. The first kappa shape index (κ1) is 30.2. The van der Waals surface area contributed by atoms with Crippen LogP contribution < -0.4 is 17.0 Å². The Morgan fingerprint density at radius 1 is 1.14 bits per heavy atom. The first-order valence-corrected chi connectivity index (χ1v) is 15.1. The Balaban J connectivity index is 0.000000259. The first-order chi connectivity index (χ1) is 20.3. The molecule has 5 aromatic rings. The van der Waals surface area contributed by atoms with Crippen LogP contribution in [-0.2, 0) is 36.7 Å². The number of anilines is 1. The summed E-state index contributed by atoms with van der Waals surface area (Å²) in [5, 5.41) is 3.63. The molecule has 0 aliphatic heterocycles. The zero-order valence-corrected chi connectivity index (χ0v) is 24.9. The monoisotopic (exact) mass is 629 g/mol. The van der Waals surface area contributed by atoms with Gasteiger partial charge < -0.3 is 10.7 Å². The summed E-state index contributed by atoms with van der Waals surface area (Å²) >= 11 is 5.56. The second kappa shape index (κ2) is 11.8.